The number of nitrogens with zero attached hydrogens (tertiary/aromatic N) is 2. The van der Waals surface area contributed by atoms with Crippen molar-refractivity contribution in [3.05, 3.63) is 54.2 Å². The van der Waals surface area contributed by atoms with Crippen LogP contribution in [0.1, 0.15) is 11.3 Å². The Kier molecular flexibility index (Phi) is 4.69. The van der Waals surface area contributed by atoms with Gasteiger partial charge in [0.05, 0.1) is 19.4 Å². The molecule has 0 saturated heterocycles. The highest BCUT2D eigenvalue weighted by atomic mass is 16.3. The number of carbonyl (C=O) groups is 1. The summed E-state index contributed by atoms with van der Waals surface area (Å²) in [5, 5.41) is 2.88. The molecule has 2 aromatic heterocycles. The van der Waals surface area contributed by atoms with Gasteiger partial charge in [0.25, 0.3) is 0 Å². The fourth-order valence-electron chi connectivity index (χ4n) is 1.80. The van der Waals surface area contributed by atoms with E-state index in [1.54, 1.807) is 30.6 Å². The van der Waals surface area contributed by atoms with Gasteiger partial charge in [0, 0.05) is 18.9 Å². The normalized spacial score (nSPS) is 10.4. The smallest absolute Gasteiger partial charge is 0.237 e. The molecule has 19 heavy (non-hydrogen) atoms. The first-order valence-electron chi connectivity index (χ1n) is 6.13. The highest BCUT2D eigenvalue weighted by Crippen LogP contribution is 2.10. The van der Waals surface area contributed by atoms with E-state index in [0.29, 0.717) is 19.6 Å². The van der Waals surface area contributed by atoms with Crippen molar-refractivity contribution in [1.82, 2.24) is 15.2 Å². The van der Waals surface area contributed by atoms with Crippen LogP contribution in [0.5, 0.6) is 0 Å². The van der Waals surface area contributed by atoms with Gasteiger partial charge in [0.15, 0.2) is 0 Å². The highest BCUT2D eigenvalue weighted by molar-refractivity contribution is 5.78. The maximum absolute atomic E-state index is 12.1. The van der Waals surface area contributed by atoms with E-state index in [9.17, 15) is 4.79 Å². The van der Waals surface area contributed by atoms with E-state index in [-0.39, 0.29) is 5.91 Å². The zero-order chi connectivity index (χ0) is 13.5. The van der Waals surface area contributed by atoms with Crippen molar-refractivity contribution in [2.75, 3.05) is 13.6 Å². The first-order valence-corrected chi connectivity index (χ1v) is 6.13. The van der Waals surface area contributed by atoms with Gasteiger partial charge in [-0.15, -0.1) is 0 Å². The minimum Gasteiger partial charge on any atom is -0.467 e. The number of hydrogen-bond donors (Lipinski definition) is 1. The largest absolute Gasteiger partial charge is 0.467 e. The Balaban J connectivity index is 2.07. The third-order valence-electron chi connectivity index (χ3n) is 2.70. The maximum Gasteiger partial charge on any atom is 0.237 e. The Hall–Kier alpha value is -2.14. The van der Waals surface area contributed by atoms with Gasteiger partial charge in [-0.1, -0.05) is 6.07 Å². The van der Waals surface area contributed by atoms with Gasteiger partial charge in [0.2, 0.25) is 5.91 Å². The Morgan fingerprint density at radius 2 is 2.26 bits per heavy atom. The molecule has 2 rings (SSSR count). The molecular weight excluding hydrogens is 242 g/mol. The van der Waals surface area contributed by atoms with Gasteiger partial charge >= 0.3 is 0 Å². The van der Waals surface area contributed by atoms with E-state index in [1.807, 2.05) is 24.3 Å². The molecule has 0 aliphatic carbocycles. The summed E-state index contributed by atoms with van der Waals surface area (Å²) in [5.41, 5.74) is 0.999. The number of aromatic nitrogens is 1. The van der Waals surface area contributed by atoms with Gasteiger partial charge in [-0.2, -0.15) is 0 Å². The van der Waals surface area contributed by atoms with E-state index in [0.717, 1.165) is 11.3 Å². The number of likely N-dealkylation sites (N-methyl/N-ethyl adjacent to an activating group) is 1. The van der Waals surface area contributed by atoms with Crippen LogP contribution in [0.4, 0.5) is 0 Å². The summed E-state index contributed by atoms with van der Waals surface area (Å²) in [5.74, 6) is 0.802. The fraction of sp³-hybridized carbons (Fsp3) is 0.286. The lowest BCUT2D eigenvalue weighted by Gasteiger charge is -2.21. The van der Waals surface area contributed by atoms with Gasteiger partial charge in [-0.25, -0.2) is 0 Å². The molecule has 2 aromatic rings. The van der Waals surface area contributed by atoms with E-state index in [2.05, 4.69) is 10.3 Å². The SMILES string of the molecule is CNCC(=O)N(Cc1cccnc1)Cc1ccco1. The lowest BCUT2D eigenvalue weighted by Crippen LogP contribution is -2.36. The summed E-state index contributed by atoms with van der Waals surface area (Å²) in [6.07, 6.45) is 5.09. The predicted octanol–water partition coefficient (Wildman–Crippen LogP) is 1.42. The monoisotopic (exact) mass is 259 g/mol. The average molecular weight is 259 g/mol. The van der Waals surface area contributed by atoms with Crippen LogP contribution in [-0.2, 0) is 17.9 Å². The first kappa shape index (κ1) is 13.3. The minimum absolute atomic E-state index is 0.0303. The number of nitrogens with one attached hydrogen (secondary N) is 1. The van der Waals surface area contributed by atoms with Gasteiger partial charge in [-0.3, -0.25) is 9.78 Å². The number of rotatable bonds is 6. The molecule has 0 aliphatic heterocycles. The third-order valence-corrected chi connectivity index (χ3v) is 2.70. The molecular formula is C14H17N3O2. The lowest BCUT2D eigenvalue weighted by atomic mass is 10.2. The van der Waals surface area contributed by atoms with Crippen molar-refractivity contribution >= 4 is 5.91 Å². The van der Waals surface area contributed by atoms with Crippen LogP contribution in [0.15, 0.2) is 47.3 Å². The van der Waals surface area contributed by atoms with E-state index in [1.165, 1.54) is 0 Å². The Morgan fingerprint density at radius 3 is 2.89 bits per heavy atom. The molecule has 0 saturated carbocycles. The fourth-order valence-corrected chi connectivity index (χ4v) is 1.80. The first-order chi connectivity index (χ1) is 9.29. The van der Waals surface area contributed by atoms with Crippen LogP contribution in [0.2, 0.25) is 0 Å². The number of hydrogen-bond acceptors (Lipinski definition) is 4. The molecule has 0 atom stereocenters. The molecule has 0 aromatic carbocycles. The molecule has 5 heteroatoms. The zero-order valence-corrected chi connectivity index (χ0v) is 10.9. The molecule has 0 aliphatic rings. The molecule has 0 fully saturated rings. The standard InChI is InChI=1S/C14H17N3O2/c1-15-9-14(18)17(11-13-5-3-7-19-13)10-12-4-2-6-16-8-12/h2-8,15H,9-11H2,1H3. The lowest BCUT2D eigenvalue weighted by molar-refractivity contribution is -0.131. The topological polar surface area (TPSA) is 58.4 Å². The molecule has 1 amide bonds. The Bertz CT molecular complexity index is 497. The van der Waals surface area contributed by atoms with E-state index < -0.39 is 0 Å². The second kappa shape index (κ2) is 6.70. The van der Waals surface area contributed by atoms with E-state index in [4.69, 9.17) is 4.42 Å². The van der Waals surface area contributed by atoms with Crippen LogP contribution >= 0.6 is 0 Å². The highest BCUT2D eigenvalue weighted by Gasteiger charge is 2.15. The second-order valence-corrected chi connectivity index (χ2v) is 4.22. The molecule has 2 heterocycles. The van der Waals surface area contributed by atoms with Crippen molar-refractivity contribution < 1.29 is 9.21 Å². The summed E-state index contributed by atoms with van der Waals surface area (Å²) < 4.78 is 5.30. The summed E-state index contributed by atoms with van der Waals surface area (Å²) in [7, 11) is 1.76. The van der Waals surface area contributed by atoms with Crippen molar-refractivity contribution in [1.29, 1.82) is 0 Å². The average Bonchev–Trinajstić information content (AvgIpc) is 2.92. The molecule has 100 valence electrons. The number of amides is 1. The molecule has 0 radical (unpaired) electrons. The van der Waals surface area contributed by atoms with Crippen molar-refractivity contribution in [2.45, 2.75) is 13.1 Å². The Morgan fingerprint density at radius 1 is 1.37 bits per heavy atom. The van der Waals surface area contributed by atoms with Crippen molar-refractivity contribution in [3.63, 3.8) is 0 Å². The summed E-state index contributed by atoms with van der Waals surface area (Å²) in [6, 6.07) is 7.50. The predicted molar refractivity (Wildman–Crippen MR) is 71.1 cm³/mol. The molecule has 0 spiro atoms. The van der Waals surface area contributed by atoms with E-state index >= 15 is 0 Å². The number of furan rings is 1. The molecule has 0 bridgehead atoms. The second-order valence-electron chi connectivity index (χ2n) is 4.22. The van der Waals surface area contributed by atoms with Crippen LogP contribution in [0.25, 0.3) is 0 Å². The molecule has 0 unspecified atom stereocenters. The zero-order valence-electron chi connectivity index (χ0n) is 10.9. The number of pyridine rings is 1. The van der Waals surface area contributed by atoms with Gasteiger partial charge in [-0.05, 0) is 30.8 Å². The maximum atomic E-state index is 12.1. The summed E-state index contributed by atoms with van der Waals surface area (Å²) in [6.45, 7) is 1.29. The summed E-state index contributed by atoms with van der Waals surface area (Å²) in [4.78, 5) is 17.9. The number of carbonyl (C=O) groups excluding carboxylic acids is 1. The van der Waals surface area contributed by atoms with Crippen LogP contribution in [-0.4, -0.2) is 29.4 Å². The van der Waals surface area contributed by atoms with Crippen molar-refractivity contribution in [2.24, 2.45) is 0 Å². The van der Waals surface area contributed by atoms with Crippen LogP contribution in [0, 0.1) is 0 Å². The van der Waals surface area contributed by atoms with Gasteiger partial charge in [0.1, 0.15) is 5.76 Å². The van der Waals surface area contributed by atoms with Crippen LogP contribution < -0.4 is 5.32 Å². The minimum atomic E-state index is 0.0303. The van der Waals surface area contributed by atoms with Crippen molar-refractivity contribution in [3.8, 4) is 0 Å². The van der Waals surface area contributed by atoms with Crippen LogP contribution in [0.3, 0.4) is 0 Å². The third kappa shape index (κ3) is 3.93. The van der Waals surface area contributed by atoms with Gasteiger partial charge < -0.3 is 14.6 Å². The molecule has 1 N–H and O–H groups in total. The summed E-state index contributed by atoms with van der Waals surface area (Å²) >= 11 is 0. The quantitative estimate of drug-likeness (QED) is 0.852. The molecule has 5 nitrogen and oxygen atoms in total. The Labute approximate surface area is 112 Å².